The van der Waals surface area contributed by atoms with E-state index in [1.807, 2.05) is 30.3 Å². The number of ketones is 1. The number of nitrogens with one attached hydrogen (secondary N) is 1. The van der Waals surface area contributed by atoms with Crippen molar-refractivity contribution in [2.45, 2.75) is 62.2 Å². The summed E-state index contributed by atoms with van der Waals surface area (Å²) in [5, 5.41) is 14.0. The third kappa shape index (κ3) is 9.61. The van der Waals surface area contributed by atoms with Gasteiger partial charge in [-0.05, 0) is 56.0 Å². The van der Waals surface area contributed by atoms with Crippen LogP contribution in [0.3, 0.4) is 0 Å². The molecule has 2 N–H and O–H groups in total. The first-order valence-corrected chi connectivity index (χ1v) is 14.5. The van der Waals surface area contributed by atoms with Crippen LogP contribution in [0.25, 0.3) is 0 Å². The first kappa shape index (κ1) is 30.6. The van der Waals surface area contributed by atoms with Crippen molar-refractivity contribution in [2.75, 3.05) is 33.4 Å². The van der Waals surface area contributed by atoms with Gasteiger partial charge in [0.1, 0.15) is 17.6 Å². The number of hydrogen-bond acceptors (Lipinski definition) is 8. The molecule has 0 radical (unpaired) electrons. The number of unbranched alkanes of at least 4 members (excludes halogenated alkanes) is 1. The summed E-state index contributed by atoms with van der Waals surface area (Å²) in [7, 11) is -2.51. The largest absolute Gasteiger partial charge is 0.497 e. The molecule has 10 nitrogen and oxygen atoms in total. The molecule has 214 valence electrons. The molecule has 3 atom stereocenters. The number of ether oxygens (including phenoxy) is 3. The zero-order chi connectivity index (χ0) is 28.3. The van der Waals surface area contributed by atoms with Crippen molar-refractivity contribution in [3.05, 3.63) is 60.2 Å². The Morgan fingerprint density at radius 3 is 2.46 bits per heavy atom. The van der Waals surface area contributed by atoms with E-state index in [0.29, 0.717) is 44.6 Å². The second-order valence-electron chi connectivity index (χ2n) is 9.60. The summed E-state index contributed by atoms with van der Waals surface area (Å²) in [5.74, 6) is 0.540. The SMILES string of the molecule is COc1ccc(S(=O)(=O)N(CCCCC(C)=O)C[C@@H](O)[C@H](Cc2ccccc2)NC(=O)OC2CCOC2)cc1. The Bertz CT molecular complexity index is 1150. The number of sulfonamides is 1. The van der Waals surface area contributed by atoms with E-state index in [4.69, 9.17) is 14.2 Å². The molecule has 39 heavy (non-hydrogen) atoms. The fourth-order valence-corrected chi connectivity index (χ4v) is 5.79. The van der Waals surface area contributed by atoms with Crippen LogP contribution < -0.4 is 10.1 Å². The first-order valence-electron chi connectivity index (χ1n) is 13.1. The van der Waals surface area contributed by atoms with Crippen LogP contribution in [0.2, 0.25) is 0 Å². The van der Waals surface area contributed by atoms with E-state index < -0.39 is 28.3 Å². The second-order valence-corrected chi connectivity index (χ2v) is 11.5. The minimum atomic E-state index is -4.00. The topological polar surface area (TPSA) is 131 Å². The van der Waals surface area contributed by atoms with Crippen molar-refractivity contribution in [3.8, 4) is 5.75 Å². The third-order valence-electron chi connectivity index (χ3n) is 6.50. The Hall–Kier alpha value is -2.99. The quantitative estimate of drug-likeness (QED) is 0.317. The van der Waals surface area contributed by atoms with Gasteiger partial charge in [-0.15, -0.1) is 0 Å². The standard InChI is InChI=1S/C28H38N2O8S/c1-21(31)8-6-7-16-30(39(34,35)25-13-11-23(36-2)12-14-25)19-27(32)26(18-22-9-4-3-5-10-22)29-28(33)38-24-15-17-37-20-24/h3-5,9-14,24,26-27,32H,6-8,15-20H2,1-2H3,(H,29,33)/t24?,26-,27+/m0/s1. The molecular weight excluding hydrogens is 524 g/mol. The smallest absolute Gasteiger partial charge is 0.407 e. The van der Waals surface area contributed by atoms with Crippen LogP contribution in [0.15, 0.2) is 59.5 Å². The van der Waals surface area contributed by atoms with Gasteiger partial charge in [0, 0.05) is 25.9 Å². The van der Waals surface area contributed by atoms with Crippen LogP contribution in [0.1, 0.15) is 38.2 Å². The van der Waals surface area contributed by atoms with Gasteiger partial charge in [-0.1, -0.05) is 30.3 Å². The molecule has 2 aromatic rings. The fourth-order valence-electron chi connectivity index (χ4n) is 4.30. The van der Waals surface area contributed by atoms with E-state index in [1.54, 1.807) is 12.1 Å². The average molecular weight is 563 g/mol. The predicted octanol–water partition coefficient (Wildman–Crippen LogP) is 2.93. The zero-order valence-electron chi connectivity index (χ0n) is 22.5. The maximum Gasteiger partial charge on any atom is 0.407 e. The van der Waals surface area contributed by atoms with E-state index in [1.165, 1.54) is 30.5 Å². The van der Waals surface area contributed by atoms with Crippen LogP contribution in [-0.4, -0.2) is 81.4 Å². The van der Waals surface area contributed by atoms with Crippen LogP contribution in [0, 0.1) is 0 Å². The monoisotopic (exact) mass is 562 g/mol. The number of alkyl carbamates (subject to hydrolysis) is 1. The summed E-state index contributed by atoms with van der Waals surface area (Å²) < 4.78 is 44.3. The van der Waals surface area contributed by atoms with E-state index in [2.05, 4.69) is 5.32 Å². The van der Waals surface area contributed by atoms with Gasteiger partial charge in [0.15, 0.2) is 0 Å². The van der Waals surface area contributed by atoms with Crippen molar-refractivity contribution in [3.63, 3.8) is 0 Å². The lowest BCUT2D eigenvalue weighted by Gasteiger charge is -2.30. The minimum Gasteiger partial charge on any atom is -0.497 e. The number of carbonyl (C=O) groups excluding carboxylic acids is 2. The number of nitrogens with zero attached hydrogens (tertiary/aromatic N) is 1. The molecule has 1 saturated heterocycles. The number of carbonyl (C=O) groups is 2. The lowest BCUT2D eigenvalue weighted by atomic mass is 10.0. The Balaban J connectivity index is 1.80. The molecule has 0 aromatic heterocycles. The van der Waals surface area contributed by atoms with E-state index in [9.17, 15) is 23.1 Å². The normalized spacial score (nSPS) is 17.0. The van der Waals surface area contributed by atoms with Crippen LogP contribution in [0.4, 0.5) is 4.79 Å². The van der Waals surface area contributed by atoms with Crippen LogP contribution in [0.5, 0.6) is 5.75 Å². The molecule has 1 unspecified atom stereocenters. The number of amides is 1. The molecular formula is C28H38N2O8S. The number of hydrogen-bond donors (Lipinski definition) is 2. The highest BCUT2D eigenvalue weighted by molar-refractivity contribution is 7.89. The van der Waals surface area contributed by atoms with Gasteiger partial charge in [0.2, 0.25) is 10.0 Å². The van der Waals surface area contributed by atoms with Gasteiger partial charge in [-0.2, -0.15) is 4.31 Å². The highest BCUT2D eigenvalue weighted by Gasteiger charge is 2.31. The lowest BCUT2D eigenvalue weighted by Crippen LogP contribution is -2.51. The number of rotatable bonds is 15. The summed E-state index contributed by atoms with van der Waals surface area (Å²) in [5.41, 5.74) is 0.858. The average Bonchev–Trinajstić information content (AvgIpc) is 3.43. The number of methoxy groups -OCH3 is 1. The molecule has 1 aliphatic heterocycles. The molecule has 1 aliphatic rings. The van der Waals surface area contributed by atoms with Crippen molar-refractivity contribution in [2.24, 2.45) is 0 Å². The predicted molar refractivity (Wildman–Crippen MR) is 145 cm³/mol. The summed E-state index contributed by atoms with van der Waals surface area (Å²) in [4.78, 5) is 24.1. The highest BCUT2D eigenvalue weighted by atomic mass is 32.2. The number of aliphatic hydroxyl groups excluding tert-OH is 1. The van der Waals surface area contributed by atoms with Crippen LogP contribution in [-0.2, 0) is 30.7 Å². The van der Waals surface area contributed by atoms with Gasteiger partial charge in [-0.3, -0.25) is 0 Å². The maximum absolute atomic E-state index is 13.6. The number of aliphatic hydroxyl groups is 1. The Kier molecular flexibility index (Phi) is 11.7. The van der Waals surface area contributed by atoms with Crippen molar-refractivity contribution in [1.29, 1.82) is 0 Å². The molecule has 1 fully saturated rings. The molecule has 0 aliphatic carbocycles. The van der Waals surface area contributed by atoms with Gasteiger partial charge in [0.05, 0.1) is 37.4 Å². The first-order chi connectivity index (χ1) is 18.7. The van der Waals surface area contributed by atoms with Gasteiger partial charge in [-0.25, -0.2) is 13.2 Å². The third-order valence-corrected chi connectivity index (χ3v) is 8.38. The Labute approximate surface area is 230 Å². The van der Waals surface area contributed by atoms with E-state index in [0.717, 1.165) is 5.56 Å². The summed E-state index contributed by atoms with van der Waals surface area (Å²) in [6, 6.07) is 14.5. The van der Waals surface area contributed by atoms with Gasteiger partial charge >= 0.3 is 6.09 Å². The zero-order valence-corrected chi connectivity index (χ0v) is 23.3. The Morgan fingerprint density at radius 1 is 1.13 bits per heavy atom. The molecule has 0 saturated carbocycles. The van der Waals surface area contributed by atoms with Gasteiger partial charge < -0.3 is 29.4 Å². The lowest BCUT2D eigenvalue weighted by molar-refractivity contribution is -0.117. The summed E-state index contributed by atoms with van der Waals surface area (Å²) in [6.07, 6.45) is -0.174. The van der Waals surface area contributed by atoms with Crippen molar-refractivity contribution < 1.29 is 37.3 Å². The molecule has 2 aromatic carbocycles. The minimum absolute atomic E-state index is 0.0258. The molecule has 1 amide bonds. The number of benzene rings is 2. The molecule has 1 heterocycles. The maximum atomic E-state index is 13.6. The Morgan fingerprint density at radius 2 is 1.85 bits per heavy atom. The molecule has 11 heteroatoms. The van der Waals surface area contributed by atoms with E-state index >= 15 is 0 Å². The summed E-state index contributed by atoms with van der Waals surface area (Å²) >= 11 is 0. The van der Waals surface area contributed by atoms with Crippen LogP contribution >= 0.6 is 0 Å². The molecule has 0 spiro atoms. The molecule has 3 rings (SSSR count). The fraction of sp³-hybridized carbons (Fsp3) is 0.500. The van der Waals surface area contributed by atoms with Gasteiger partial charge in [0.25, 0.3) is 0 Å². The van der Waals surface area contributed by atoms with Crippen molar-refractivity contribution in [1.82, 2.24) is 9.62 Å². The summed E-state index contributed by atoms with van der Waals surface area (Å²) in [6.45, 7) is 2.15. The number of Topliss-reactive ketones (excluding diaryl/α,β-unsaturated/α-hetero) is 1. The van der Waals surface area contributed by atoms with Crippen molar-refractivity contribution >= 4 is 21.9 Å². The second kappa shape index (κ2) is 15.0. The highest BCUT2D eigenvalue weighted by Crippen LogP contribution is 2.21. The van der Waals surface area contributed by atoms with E-state index in [-0.39, 0.29) is 36.3 Å². The molecule has 0 bridgehead atoms.